The Morgan fingerprint density at radius 3 is 2.32 bits per heavy atom. The molecule has 0 aromatic heterocycles. The van der Waals surface area contributed by atoms with Gasteiger partial charge in [-0.2, -0.15) is 0 Å². The molecule has 1 amide bonds. The molecular weight excluding hydrogens is 334 g/mol. The van der Waals surface area contributed by atoms with Gasteiger partial charge in [0.05, 0.1) is 11.1 Å². The first-order chi connectivity index (χ1) is 12.1. The van der Waals surface area contributed by atoms with Crippen LogP contribution in [0.2, 0.25) is 0 Å². The van der Waals surface area contributed by atoms with Gasteiger partial charge in [-0.15, -0.1) is 11.8 Å². The summed E-state index contributed by atoms with van der Waals surface area (Å²) >= 11 is 1.58. The van der Waals surface area contributed by atoms with Crippen LogP contribution in [0.4, 0.5) is 5.69 Å². The molecule has 4 aliphatic rings. The average Bonchev–Trinajstić information content (AvgIpc) is 2.59. The summed E-state index contributed by atoms with van der Waals surface area (Å²) in [7, 11) is 0. The maximum atomic E-state index is 12.8. The van der Waals surface area contributed by atoms with Crippen molar-refractivity contribution < 1.29 is 14.3 Å². The lowest BCUT2D eigenvalue weighted by Crippen LogP contribution is -2.50. The van der Waals surface area contributed by atoms with E-state index in [1.807, 2.05) is 30.5 Å². The maximum Gasteiger partial charge on any atom is 0.312 e. The Bertz CT molecular complexity index is 652. The van der Waals surface area contributed by atoms with Crippen LogP contribution in [0.5, 0.6) is 0 Å². The molecule has 1 aromatic rings. The summed E-state index contributed by atoms with van der Waals surface area (Å²) < 4.78 is 5.48. The highest BCUT2D eigenvalue weighted by molar-refractivity contribution is 7.98. The summed E-state index contributed by atoms with van der Waals surface area (Å²) in [6, 6.07) is 7.65. The number of rotatable bonds is 5. The van der Waals surface area contributed by atoms with Crippen molar-refractivity contribution in [3.63, 3.8) is 0 Å². The zero-order chi connectivity index (χ0) is 17.4. The van der Waals surface area contributed by atoms with Gasteiger partial charge >= 0.3 is 5.97 Å². The predicted octanol–water partition coefficient (Wildman–Crippen LogP) is 4.11. The molecule has 0 unspecified atom stereocenters. The van der Waals surface area contributed by atoms with Crippen molar-refractivity contribution in [3.05, 3.63) is 24.3 Å². The van der Waals surface area contributed by atoms with Crippen LogP contribution < -0.4 is 5.32 Å². The minimum absolute atomic E-state index is 0.139. The average molecular weight is 359 g/mol. The van der Waals surface area contributed by atoms with Gasteiger partial charge < -0.3 is 10.1 Å². The first-order valence-electron chi connectivity index (χ1n) is 9.18. The zero-order valence-corrected chi connectivity index (χ0v) is 15.4. The highest BCUT2D eigenvalue weighted by atomic mass is 32.2. The molecule has 0 spiro atoms. The van der Waals surface area contributed by atoms with Crippen LogP contribution in [0.15, 0.2) is 29.2 Å². The van der Waals surface area contributed by atoms with Crippen LogP contribution in [0.25, 0.3) is 0 Å². The summed E-state index contributed by atoms with van der Waals surface area (Å²) in [5.74, 6) is 1.68. The molecule has 4 fully saturated rings. The molecule has 4 aliphatic carbocycles. The zero-order valence-electron chi connectivity index (χ0n) is 14.6. The number of thioether (sulfide) groups is 1. The van der Waals surface area contributed by atoms with E-state index >= 15 is 0 Å². The first-order valence-corrected chi connectivity index (χ1v) is 10.4. The summed E-state index contributed by atoms with van der Waals surface area (Å²) in [4.78, 5) is 26.0. The van der Waals surface area contributed by atoms with Crippen molar-refractivity contribution in [1.29, 1.82) is 0 Å². The van der Waals surface area contributed by atoms with Gasteiger partial charge in [-0.25, -0.2) is 0 Å². The summed E-state index contributed by atoms with van der Waals surface area (Å²) in [6.07, 6.45) is 8.74. The standard InChI is InChI=1S/C20H25NO3S/c1-25-17-5-3-2-4-16(17)21-18(22)12-24-19(23)20-9-13-6-14(10-20)8-15(7-13)11-20/h2-5,13-15H,6-12H2,1H3,(H,21,22). The van der Waals surface area contributed by atoms with Crippen LogP contribution in [0, 0.1) is 23.2 Å². The number of carbonyl (C=O) groups is 2. The maximum absolute atomic E-state index is 12.8. The second kappa shape index (κ2) is 6.67. The third-order valence-corrected chi connectivity index (χ3v) is 6.98. The molecule has 4 saturated carbocycles. The van der Waals surface area contributed by atoms with Crippen molar-refractivity contribution >= 4 is 29.3 Å². The van der Waals surface area contributed by atoms with E-state index in [4.69, 9.17) is 4.74 Å². The van der Waals surface area contributed by atoms with E-state index in [9.17, 15) is 9.59 Å². The Morgan fingerprint density at radius 2 is 1.72 bits per heavy atom. The predicted molar refractivity (Wildman–Crippen MR) is 98.4 cm³/mol. The SMILES string of the molecule is CSc1ccccc1NC(=O)COC(=O)C12CC3CC(CC(C3)C1)C2. The molecule has 5 heteroatoms. The lowest BCUT2D eigenvalue weighted by Gasteiger charge is -2.55. The van der Waals surface area contributed by atoms with Gasteiger partial charge in [0.25, 0.3) is 5.91 Å². The molecule has 4 nitrogen and oxygen atoms in total. The lowest BCUT2D eigenvalue weighted by molar-refractivity contribution is -0.172. The number of hydrogen-bond acceptors (Lipinski definition) is 4. The highest BCUT2D eigenvalue weighted by Crippen LogP contribution is 2.60. The Hall–Kier alpha value is -1.49. The number of anilines is 1. The molecule has 25 heavy (non-hydrogen) atoms. The topological polar surface area (TPSA) is 55.4 Å². The van der Waals surface area contributed by atoms with Crippen molar-refractivity contribution in [3.8, 4) is 0 Å². The van der Waals surface area contributed by atoms with Crippen LogP contribution in [-0.4, -0.2) is 24.7 Å². The van der Waals surface area contributed by atoms with Crippen LogP contribution in [0.3, 0.4) is 0 Å². The molecule has 0 atom stereocenters. The minimum Gasteiger partial charge on any atom is -0.455 e. The fourth-order valence-corrected chi connectivity index (χ4v) is 6.13. The number of amides is 1. The molecule has 1 aromatic carbocycles. The molecule has 4 bridgehead atoms. The monoisotopic (exact) mass is 359 g/mol. The molecule has 5 rings (SSSR count). The smallest absolute Gasteiger partial charge is 0.312 e. The van der Waals surface area contributed by atoms with Crippen LogP contribution in [-0.2, 0) is 14.3 Å². The fourth-order valence-electron chi connectivity index (χ4n) is 5.58. The van der Waals surface area contributed by atoms with E-state index < -0.39 is 0 Å². The second-order valence-electron chi connectivity index (χ2n) is 8.02. The number of nitrogens with one attached hydrogen (secondary N) is 1. The molecule has 1 N–H and O–H groups in total. The van der Waals surface area contributed by atoms with Crippen molar-refractivity contribution in [1.82, 2.24) is 0 Å². The van der Waals surface area contributed by atoms with Crippen molar-refractivity contribution in [2.24, 2.45) is 23.2 Å². The van der Waals surface area contributed by atoms with E-state index in [1.54, 1.807) is 11.8 Å². The normalized spacial score (nSPS) is 32.4. The van der Waals surface area contributed by atoms with Gasteiger partial charge in [-0.1, -0.05) is 12.1 Å². The molecule has 0 radical (unpaired) electrons. The quantitative estimate of drug-likeness (QED) is 0.635. The molecule has 0 aliphatic heterocycles. The number of hydrogen-bond donors (Lipinski definition) is 1. The van der Waals surface area contributed by atoms with E-state index in [0.717, 1.165) is 29.8 Å². The van der Waals surface area contributed by atoms with Gasteiger partial charge in [0.1, 0.15) is 0 Å². The molecular formula is C20H25NO3S. The summed E-state index contributed by atoms with van der Waals surface area (Å²) in [5.41, 5.74) is 0.470. The van der Waals surface area contributed by atoms with Crippen LogP contribution in [0.1, 0.15) is 38.5 Å². The van der Waals surface area contributed by atoms with Crippen LogP contribution >= 0.6 is 11.8 Å². The minimum atomic E-state index is -0.299. The summed E-state index contributed by atoms with van der Waals surface area (Å²) in [6.45, 7) is -0.191. The Morgan fingerprint density at radius 1 is 1.12 bits per heavy atom. The van der Waals surface area contributed by atoms with E-state index in [-0.39, 0.29) is 23.9 Å². The van der Waals surface area contributed by atoms with E-state index in [0.29, 0.717) is 17.8 Å². The van der Waals surface area contributed by atoms with Crippen molar-refractivity contribution in [2.45, 2.75) is 43.4 Å². The first kappa shape index (κ1) is 17.0. The largest absolute Gasteiger partial charge is 0.455 e. The van der Waals surface area contributed by atoms with Gasteiger partial charge in [-0.3, -0.25) is 9.59 Å². The molecule has 134 valence electrons. The number of esters is 1. The van der Waals surface area contributed by atoms with E-state index in [2.05, 4.69) is 5.32 Å². The summed E-state index contributed by atoms with van der Waals surface area (Å²) in [5, 5.41) is 2.85. The third-order valence-electron chi connectivity index (χ3n) is 6.19. The van der Waals surface area contributed by atoms with Gasteiger partial charge in [0.15, 0.2) is 6.61 Å². The highest BCUT2D eigenvalue weighted by Gasteiger charge is 2.55. The number of benzene rings is 1. The Labute approximate surface area is 153 Å². The molecule has 0 heterocycles. The Kier molecular flexibility index (Phi) is 4.52. The fraction of sp³-hybridized carbons (Fsp3) is 0.600. The Balaban J connectivity index is 1.35. The van der Waals surface area contributed by atoms with Crippen molar-refractivity contribution in [2.75, 3.05) is 18.2 Å². The molecule has 0 saturated heterocycles. The third kappa shape index (κ3) is 3.31. The van der Waals surface area contributed by atoms with E-state index in [1.165, 1.54) is 19.3 Å². The number of para-hydroxylation sites is 1. The number of carbonyl (C=O) groups excluding carboxylic acids is 2. The number of ether oxygens (including phenoxy) is 1. The van der Waals surface area contributed by atoms with Gasteiger partial charge in [-0.05, 0) is 74.7 Å². The van der Waals surface area contributed by atoms with Gasteiger partial charge in [0.2, 0.25) is 0 Å². The second-order valence-corrected chi connectivity index (χ2v) is 8.87. The lowest BCUT2D eigenvalue weighted by atomic mass is 9.49. The van der Waals surface area contributed by atoms with Gasteiger partial charge in [0, 0.05) is 4.90 Å².